The van der Waals surface area contributed by atoms with Gasteiger partial charge in [-0.2, -0.15) is 17.0 Å². The van der Waals surface area contributed by atoms with Crippen LogP contribution in [-0.2, 0) is 10.2 Å². The van der Waals surface area contributed by atoms with Gasteiger partial charge in [0.05, 0.1) is 0 Å². The summed E-state index contributed by atoms with van der Waals surface area (Å²) in [6.07, 6.45) is 3.93. The molecule has 24 heavy (non-hydrogen) atoms. The molecule has 1 rings (SSSR count). The van der Waals surface area contributed by atoms with Crippen molar-refractivity contribution in [3.05, 3.63) is 0 Å². The topological polar surface area (TPSA) is 52.7 Å². The van der Waals surface area contributed by atoms with Crippen molar-refractivity contribution in [1.29, 1.82) is 0 Å². The van der Waals surface area contributed by atoms with Gasteiger partial charge in [0, 0.05) is 26.2 Å². The predicted molar refractivity (Wildman–Crippen MR) is 105 cm³/mol. The third-order valence-corrected chi connectivity index (χ3v) is 6.54. The molecule has 0 aromatic rings. The van der Waals surface area contributed by atoms with E-state index in [0.29, 0.717) is 43.9 Å². The molecule has 1 unspecified atom stereocenters. The van der Waals surface area contributed by atoms with Crippen molar-refractivity contribution in [2.75, 3.05) is 39.8 Å². The van der Waals surface area contributed by atoms with Gasteiger partial charge < -0.3 is 5.32 Å². The van der Waals surface area contributed by atoms with Gasteiger partial charge in [-0.15, -0.1) is 12.4 Å². The van der Waals surface area contributed by atoms with Crippen molar-refractivity contribution in [3.63, 3.8) is 0 Å². The Labute approximate surface area is 156 Å². The highest BCUT2D eigenvalue weighted by atomic mass is 35.5. The zero-order valence-electron chi connectivity index (χ0n) is 16.1. The minimum absolute atomic E-state index is 0. The van der Waals surface area contributed by atoms with Gasteiger partial charge in [0.2, 0.25) is 0 Å². The first-order valence-corrected chi connectivity index (χ1v) is 10.6. The molecule has 1 aliphatic heterocycles. The van der Waals surface area contributed by atoms with E-state index in [9.17, 15) is 8.42 Å². The summed E-state index contributed by atoms with van der Waals surface area (Å²) in [5, 5.41) is 3.18. The molecule has 1 heterocycles. The van der Waals surface area contributed by atoms with E-state index in [1.54, 1.807) is 8.61 Å². The maximum absolute atomic E-state index is 13.1. The van der Waals surface area contributed by atoms with Crippen molar-refractivity contribution in [1.82, 2.24) is 13.9 Å². The molecule has 7 heteroatoms. The van der Waals surface area contributed by atoms with E-state index in [1.807, 2.05) is 7.05 Å². The van der Waals surface area contributed by atoms with Gasteiger partial charge in [0.25, 0.3) is 10.2 Å². The average Bonchev–Trinajstić information content (AvgIpc) is 2.47. The van der Waals surface area contributed by atoms with Crippen LogP contribution in [0.1, 0.15) is 53.4 Å². The molecule has 0 bridgehead atoms. The van der Waals surface area contributed by atoms with Crippen LogP contribution in [0, 0.1) is 17.8 Å². The van der Waals surface area contributed by atoms with E-state index in [0.717, 1.165) is 32.2 Å². The fourth-order valence-corrected chi connectivity index (χ4v) is 4.76. The lowest BCUT2D eigenvalue weighted by Gasteiger charge is -2.36. The van der Waals surface area contributed by atoms with E-state index in [-0.39, 0.29) is 12.4 Å². The molecule has 146 valence electrons. The molecule has 0 aromatic carbocycles. The molecule has 1 atom stereocenters. The highest BCUT2D eigenvalue weighted by molar-refractivity contribution is 7.86. The minimum Gasteiger partial charge on any atom is -0.319 e. The zero-order chi connectivity index (χ0) is 17.5. The van der Waals surface area contributed by atoms with Crippen LogP contribution >= 0.6 is 12.4 Å². The Balaban J connectivity index is 0.00000529. The molecular weight excluding hydrogens is 346 g/mol. The van der Waals surface area contributed by atoms with Crippen molar-refractivity contribution < 1.29 is 8.42 Å². The Morgan fingerprint density at radius 1 is 1.12 bits per heavy atom. The summed E-state index contributed by atoms with van der Waals surface area (Å²) in [4.78, 5) is 0. The van der Waals surface area contributed by atoms with Crippen molar-refractivity contribution in [2.24, 2.45) is 17.8 Å². The Hall–Kier alpha value is 0.120. The molecule has 1 saturated heterocycles. The number of rotatable bonds is 10. The van der Waals surface area contributed by atoms with Gasteiger partial charge in [0.15, 0.2) is 0 Å². The lowest BCUT2D eigenvalue weighted by molar-refractivity contribution is 0.239. The maximum Gasteiger partial charge on any atom is 0.281 e. The van der Waals surface area contributed by atoms with Crippen LogP contribution in [0.15, 0.2) is 0 Å². The van der Waals surface area contributed by atoms with E-state index >= 15 is 0 Å². The first-order valence-electron chi connectivity index (χ1n) is 9.17. The van der Waals surface area contributed by atoms with Crippen molar-refractivity contribution >= 4 is 22.6 Å². The quantitative estimate of drug-likeness (QED) is 0.630. The van der Waals surface area contributed by atoms with Gasteiger partial charge >= 0.3 is 0 Å². The molecule has 0 aliphatic carbocycles. The summed E-state index contributed by atoms with van der Waals surface area (Å²) in [6.45, 7) is 12.1. The van der Waals surface area contributed by atoms with Crippen LogP contribution in [0.2, 0.25) is 0 Å². The van der Waals surface area contributed by atoms with E-state index in [2.05, 4.69) is 33.0 Å². The molecule has 5 nitrogen and oxygen atoms in total. The summed E-state index contributed by atoms with van der Waals surface area (Å²) in [7, 11) is -1.39. The highest BCUT2D eigenvalue weighted by Gasteiger charge is 2.33. The zero-order valence-corrected chi connectivity index (χ0v) is 17.8. The van der Waals surface area contributed by atoms with Crippen LogP contribution in [0.3, 0.4) is 0 Å². The van der Waals surface area contributed by atoms with Crippen LogP contribution in [0.25, 0.3) is 0 Å². The fraction of sp³-hybridized carbons (Fsp3) is 1.00. The molecule has 1 fully saturated rings. The first kappa shape index (κ1) is 24.1. The number of nitrogens with one attached hydrogen (secondary N) is 1. The summed E-state index contributed by atoms with van der Waals surface area (Å²) < 4.78 is 29.6. The fourth-order valence-electron chi connectivity index (χ4n) is 3.00. The van der Waals surface area contributed by atoms with Gasteiger partial charge in [-0.25, -0.2) is 0 Å². The second-order valence-electron chi connectivity index (χ2n) is 7.70. The number of nitrogens with zero attached hydrogens (tertiary/aromatic N) is 2. The molecule has 0 saturated carbocycles. The molecule has 0 amide bonds. The smallest absolute Gasteiger partial charge is 0.281 e. The Morgan fingerprint density at radius 2 is 1.67 bits per heavy atom. The lowest BCUT2D eigenvalue weighted by Crippen LogP contribution is -2.49. The standard InChI is InChI=1S/C17H37N3O2S.ClH/c1-15(2)8-11-19(12-9-16(3)4)23(21,22)20-10-6-7-17(14-20)13-18-5;/h15-18H,6-14H2,1-5H3;1H. The second kappa shape index (κ2) is 11.7. The lowest BCUT2D eigenvalue weighted by atomic mass is 10.00. The van der Waals surface area contributed by atoms with Crippen LogP contribution < -0.4 is 5.32 Å². The third-order valence-electron chi connectivity index (χ3n) is 4.54. The number of hydrogen-bond acceptors (Lipinski definition) is 3. The summed E-state index contributed by atoms with van der Waals surface area (Å²) >= 11 is 0. The summed E-state index contributed by atoms with van der Waals surface area (Å²) in [6, 6.07) is 0. The van der Waals surface area contributed by atoms with E-state index < -0.39 is 10.2 Å². The summed E-state index contributed by atoms with van der Waals surface area (Å²) in [5.74, 6) is 1.47. The summed E-state index contributed by atoms with van der Waals surface area (Å²) in [5.41, 5.74) is 0. The van der Waals surface area contributed by atoms with Gasteiger partial charge in [-0.1, -0.05) is 27.7 Å². The van der Waals surface area contributed by atoms with E-state index in [4.69, 9.17) is 0 Å². The van der Waals surface area contributed by atoms with Crippen LogP contribution in [0.5, 0.6) is 0 Å². The van der Waals surface area contributed by atoms with Gasteiger partial charge in [-0.05, 0) is 57.0 Å². The Morgan fingerprint density at radius 3 is 2.12 bits per heavy atom. The predicted octanol–water partition coefficient (Wildman–Crippen LogP) is 2.98. The number of hydrogen-bond donors (Lipinski definition) is 1. The normalized spacial score (nSPS) is 19.9. The molecule has 0 radical (unpaired) electrons. The van der Waals surface area contributed by atoms with Gasteiger partial charge in [0.1, 0.15) is 0 Å². The number of piperidine rings is 1. The molecule has 0 spiro atoms. The Kier molecular flexibility index (Phi) is 11.7. The van der Waals surface area contributed by atoms with Crippen molar-refractivity contribution in [3.8, 4) is 0 Å². The van der Waals surface area contributed by atoms with Gasteiger partial charge in [-0.3, -0.25) is 0 Å². The molecule has 1 N–H and O–H groups in total. The first-order chi connectivity index (χ1) is 10.8. The largest absolute Gasteiger partial charge is 0.319 e. The number of halogens is 1. The maximum atomic E-state index is 13.1. The average molecular weight is 384 g/mol. The van der Waals surface area contributed by atoms with E-state index in [1.165, 1.54) is 0 Å². The second-order valence-corrected chi connectivity index (χ2v) is 9.62. The highest BCUT2D eigenvalue weighted by Crippen LogP contribution is 2.22. The molecule has 1 aliphatic rings. The van der Waals surface area contributed by atoms with Crippen LogP contribution in [-0.4, -0.2) is 56.8 Å². The third kappa shape index (κ3) is 8.00. The Bertz CT molecular complexity index is 416. The minimum atomic E-state index is -3.33. The SMILES string of the molecule is CNCC1CCCN(S(=O)(=O)N(CCC(C)C)CCC(C)C)C1.Cl. The van der Waals surface area contributed by atoms with Crippen LogP contribution in [0.4, 0.5) is 0 Å². The van der Waals surface area contributed by atoms with Crippen molar-refractivity contribution in [2.45, 2.75) is 53.4 Å². The monoisotopic (exact) mass is 383 g/mol. The molecule has 0 aromatic heterocycles. The molecular formula is C17H38ClN3O2S.